The van der Waals surface area contributed by atoms with Gasteiger partial charge in [0.2, 0.25) is 65.0 Å². The molecule has 0 aromatic carbocycles. The minimum absolute atomic E-state index is 0.0229. The van der Waals surface area contributed by atoms with Crippen molar-refractivity contribution >= 4 is 65.0 Å². The lowest BCUT2D eigenvalue weighted by Crippen LogP contribution is -2.63. The largest absolute Gasteiger partial charge is 0.394 e. The molecule has 0 spiro atoms. The third-order valence-corrected chi connectivity index (χ3v) is 16.2. The Morgan fingerprint density at radius 1 is 0.478 bits per heavy atom. The van der Waals surface area contributed by atoms with Gasteiger partial charge in [-0.3, -0.25) is 52.7 Å². The molecule has 0 aromatic rings. The van der Waals surface area contributed by atoms with Crippen LogP contribution in [0.3, 0.4) is 0 Å². The lowest BCUT2D eigenvalue weighted by molar-refractivity contribution is -0.157. The van der Waals surface area contributed by atoms with Crippen LogP contribution in [0.5, 0.6) is 0 Å². The van der Waals surface area contributed by atoms with E-state index < -0.39 is 156 Å². The molecule has 0 radical (unpaired) electrons. The molecule has 1 aliphatic heterocycles. The lowest BCUT2D eigenvalue weighted by Gasteiger charge is -2.41. The number of hydrogen-bond acceptors (Lipinski definition) is 14. The molecule has 1 fully saturated rings. The van der Waals surface area contributed by atoms with Gasteiger partial charge in [-0.25, -0.2) is 0 Å². The summed E-state index contributed by atoms with van der Waals surface area (Å²) < 4.78 is 0. The Balaban J connectivity index is 0. The highest BCUT2D eigenvalue weighted by atomic mass is 16.3. The number of amides is 11. The number of carbonyl (C=O) groups excluding carboxylic acids is 11. The van der Waals surface area contributed by atoms with E-state index in [-0.39, 0.29) is 69.0 Å². The highest BCUT2D eigenvalue weighted by Crippen LogP contribution is 2.26. The second-order valence-corrected chi connectivity index (χ2v) is 26.9. The zero-order valence-corrected chi connectivity index (χ0v) is 60.7. The maximum absolute atomic E-state index is 15.1. The molecule has 0 aliphatic carbocycles. The molecule has 0 aromatic heterocycles. The Bertz CT molecular complexity index is 2420. The molecule has 530 valence electrons. The van der Waals surface area contributed by atoms with Crippen LogP contribution in [-0.2, 0) is 52.7 Å². The molecule has 25 nitrogen and oxygen atoms in total. The number of carbonyl (C=O) groups is 11. The first kappa shape index (κ1) is 87.6. The van der Waals surface area contributed by atoms with Gasteiger partial charge in [-0.15, -0.1) is 6.58 Å². The number of allylic oxidation sites excluding steroid dienone is 3. The number of nitrogens with zero attached hydrogens (tertiary/aromatic N) is 7. The van der Waals surface area contributed by atoms with Crippen molar-refractivity contribution < 1.29 is 68.1 Å². The molecule has 0 bridgehead atoms. The first-order valence-corrected chi connectivity index (χ1v) is 32.7. The Hall–Kier alpha value is -6.47. The van der Waals surface area contributed by atoms with Crippen molar-refractivity contribution in [2.24, 2.45) is 41.4 Å². The fraction of sp³-hybridized carbons (Fsp3) is 0.776. The summed E-state index contributed by atoms with van der Waals surface area (Å²) in [7, 11) is 9.92. The molecule has 0 unspecified atom stereocenters. The molecule has 92 heavy (non-hydrogen) atoms. The zero-order valence-electron chi connectivity index (χ0n) is 60.7. The van der Waals surface area contributed by atoms with Gasteiger partial charge in [0.1, 0.15) is 60.4 Å². The summed E-state index contributed by atoms with van der Waals surface area (Å²) in [6, 6.07) is -12.3. The van der Waals surface area contributed by atoms with E-state index in [1.54, 1.807) is 60.6 Å². The Kier molecular flexibility index (Phi) is 40.7. The standard InChI is InChI=1S/C62H111N11O12.C3H6.C2H6O2/c1-25-27-28-40(15)52(75)51-56(79)65-43(26-2)58(81)67(18)33-48(74)68(19)44(29-34(3)4)55(78)66-49(38(11)12)61(84)69(20)45(30-35(5)6)54(77)63-41(16)53(76)64-42(17)57(80)70(21)46(31-36(7)8)59(82)71(22)47(32-37(9)10)60(83)72(23)50(39(13)14)62(85)73(51)24;1-3-2;3-1-2-4/h25,27,34-47,49-52,75H,26,28-33H2,1-24H3,(H,63,77)(H,64,76)(H,65,79)(H,66,78);3H,1H2,2H3;3-4H,1-2H2/b27-25+;;/t40-,41+,42-,43+,44+,45+,46+,47+,49+,50+,51+,52-;;/m1../s1. The molecule has 1 heterocycles. The van der Waals surface area contributed by atoms with E-state index in [0.29, 0.717) is 6.42 Å². The first-order valence-electron chi connectivity index (χ1n) is 32.7. The van der Waals surface area contributed by atoms with Crippen LogP contribution in [0.2, 0.25) is 0 Å². The van der Waals surface area contributed by atoms with Gasteiger partial charge in [0.25, 0.3) is 0 Å². The summed E-state index contributed by atoms with van der Waals surface area (Å²) in [5.41, 5.74) is 0. The fourth-order valence-electron chi connectivity index (χ4n) is 10.7. The Morgan fingerprint density at radius 3 is 1.28 bits per heavy atom. The summed E-state index contributed by atoms with van der Waals surface area (Å²) >= 11 is 0. The molecule has 25 heteroatoms. The van der Waals surface area contributed by atoms with Crippen LogP contribution in [0.15, 0.2) is 24.8 Å². The van der Waals surface area contributed by atoms with Gasteiger partial charge < -0.3 is 70.9 Å². The Morgan fingerprint density at radius 2 is 0.870 bits per heavy atom. The van der Waals surface area contributed by atoms with Crippen LogP contribution in [0.4, 0.5) is 0 Å². The highest BCUT2D eigenvalue weighted by molar-refractivity contribution is 5.99. The number of aliphatic hydroxyl groups is 3. The third kappa shape index (κ3) is 27.2. The van der Waals surface area contributed by atoms with E-state index in [0.717, 1.165) is 9.80 Å². The van der Waals surface area contributed by atoms with Gasteiger partial charge >= 0.3 is 0 Å². The molecule has 11 amide bonds. The van der Waals surface area contributed by atoms with E-state index >= 15 is 9.59 Å². The summed E-state index contributed by atoms with van der Waals surface area (Å²) in [4.78, 5) is 169. The van der Waals surface area contributed by atoms with Crippen LogP contribution >= 0.6 is 0 Å². The van der Waals surface area contributed by atoms with Crippen LogP contribution in [0.25, 0.3) is 0 Å². The maximum atomic E-state index is 15.1. The SMILES string of the molecule is C/C=C/C[C@@H](C)[C@@H](O)[C@H]1C(=O)N[C@@H](CC)C(=O)N(C)CC(=O)N(C)[C@@H](CC(C)C)C(=O)N[C@@H](C(C)C)C(=O)N(C)[C@@H](CC(C)C)C(=O)N[C@@H](C)C(=O)N[C@H](C)C(=O)N(C)[C@@H](CC(C)C)C(=O)N(C)[C@@H](CC(C)C)C(=O)N(C)[C@@H](C(C)C)C(=O)N1C.C=CC.OCCO. The third-order valence-electron chi connectivity index (χ3n) is 16.2. The lowest BCUT2D eigenvalue weighted by atomic mass is 9.91. The van der Waals surface area contributed by atoms with Crippen LogP contribution in [0, 0.1) is 41.4 Å². The van der Waals surface area contributed by atoms with Gasteiger partial charge in [0, 0.05) is 49.3 Å². The molecular weight excluding hydrogens is 1180 g/mol. The predicted octanol–water partition coefficient (Wildman–Crippen LogP) is 3.43. The minimum atomic E-state index is -1.61. The molecule has 1 saturated heterocycles. The van der Waals surface area contributed by atoms with Crippen molar-refractivity contribution in [2.75, 3.05) is 69.1 Å². The second kappa shape index (κ2) is 42.7. The molecule has 12 atom stereocenters. The van der Waals surface area contributed by atoms with Crippen LogP contribution in [0.1, 0.15) is 163 Å². The molecule has 1 aliphatic rings. The number of aliphatic hydroxyl groups excluding tert-OH is 3. The van der Waals surface area contributed by atoms with Gasteiger partial charge in [-0.2, -0.15) is 0 Å². The quantitative estimate of drug-likeness (QED) is 0.109. The topological polar surface area (TPSA) is 319 Å². The number of hydrogen-bond donors (Lipinski definition) is 7. The van der Waals surface area contributed by atoms with Crippen molar-refractivity contribution in [3.8, 4) is 0 Å². The van der Waals surface area contributed by atoms with Crippen molar-refractivity contribution in [3.63, 3.8) is 0 Å². The monoisotopic (exact) mass is 1310 g/mol. The van der Waals surface area contributed by atoms with Gasteiger partial charge in [-0.05, 0) is 108 Å². The predicted molar refractivity (Wildman–Crippen MR) is 358 cm³/mol. The smallest absolute Gasteiger partial charge is 0.246 e. The van der Waals surface area contributed by atoms with E-state index in [4.69, 9.17) is 10.2 Å². The van der Waals surface area contributed by atoms with Crippen LogP contribution in [-0.4, -0.2) is 250 Å². The van der Waals surface area contributed by atoms with E-state index in [1.165, 1.54) is 87.7 Å². The van der Waals surface area contributed by atoms with Crippen molar-refractivity contribution in [3.05, 3.63) is 24.8 Å². The number of nitrogens with one attached hydrogen (secondary N) is 4. The average Bonchev–Trinajstić information content (AvgIpc) is 0.820. The fourth-order valence-corrected chi connectivity index (χ4v) is 10.7. The second-order valence-electron chi connectivity index (χ2n) is 26.9. The van der Waals surface area contributed by atoms with Crippen molar-refractivity contribution in [1.82, 2.24) is 55.6 Å². The van der Waals surface area contributed by atoms with Gasteiger partial charge in [0.05, 0.1) is 25.9 Å². The zero-order chi connectivity index (χ0) is 72.1. The van der Waals surface area contributed by atoms with E-state index in [1.807, 2.05) is 68.4 Å². The number of likely N-dealkylation sites (N-methyl/N-ethyl adjacent to an activating group) is 7. The van der Waals surface area contributed by atoms with Crippen molar-refractivity contribution in [1.29, 1.82) is 0 Å². The molecule has 1 rings (SSSR count). The normalized spacial score (nSPS) is 25.3. The first-order chi connectivity index (χ1) is 42.5. The average molecular weight is 1310 g/mol. The highest BCUT2D eigenvalue weighted by Gasteiger charge is 2.45. The minimum Gasteiger partial charge on any atom is -0.394 e. The molecular formula is C67H123N11O14. The van der Waals surface area contributed by atoms with E-state index in [9.17, 15) is 48.3 Å². The van der Waals surface area contributed by atoms with Gasteiger partial charge in [0.15, 0.2) is 0 Å². The summed E-state index contributed by atoms with van der Waals surface area (Å²) in [5, 5.41) is 38.3. The van der Waals surface area contributed by atoms with Crippen LogP contribution < -0.4 is 21.3 Å². The number of rotatable bonds is 16. The summed E-state index contributed by atoms with van der Waals surface area (Å²) in [6.45, 7) is 34.3. The molecule has 7 N–H and O–H groups in total. The molecule has 0 saturated carbocycles. The van der Waals surface area contributed by atoms with Gasteiger partial charge in [-0.1, -0.05) is 115 Å². The maximum Gasteiger partial charge on any atom is 0.246 e. The van der Waals surface area contributed by atoms with Crippen molar-refractivity contribution in [2.45, 2.75) is 230 Å². The Labute approximate surface area is 551 Å². The summed E-state index contributed by atoms with van der Waals surface area (Å²) in [5.74, 6) is -9.71. The summed E-state index contributed by atoms with van der Waals surface area (Å²) in [6.07, 6.45) is 4.79. The van der Waals surface area contributed by atoms with E-state index in [2.05, 4.69) is 27.8 Å².